The van der Waals surface area contributed by atoms with Gasteiger partial charge in [-0.05, 0) is 60.4 Å². The van der Waals surface area contributed by atoms with E-state index in [4.69, 9.17) is 0 Å². The van der Waals surface area contributed by atoms with Crippen molar-refractivity contribution in [2.75, 3.05) is 11.9 Å². The van der Waals surface area contributed by atoms with Crippen LogP contribution in [-0.2, 0) is 26.8 Å². The van der Waals surface area contributed by atoms with E-state index >= 15 is 0 Å². The third kappa shape index (κ3) is 5.96. The number of nitrogens with one attached hydrogen (secondary N) is 3. The largest absolute Gasteiger partial charge is 0.351 e. The van der Waals surface area contributed by atoms with Crippen molar-refractivity contribution >= 4 is 27.5 Å². The molecule has 35 heavy (non-hydrogen) atoms. The van der Waals surface area contributed by atoms with Gasteiger partial charge in [0.15, 0.2) is 0 Å². The van der Waals surface area contributed by atoms with Crippen molar-refractivity contribution in [2.24, 2.45) is 0 Å². The third-order valence-electron chi connectivity index (χ3n) is 6.45. The fraction of sp³-hybridized carbons (Fsp3) is 0.259. The molecule has 2 amide bonds. The van der Waals surface area contributed by atoms with Gasteiger partial charge in [0.05, 0.1) is 4.90 Å². The van der Waals surface area contributed by atoms with Crippen molar-refractivity contribution in [3.63, 3.8) is 0 Å². The number of rotatable bonds is 9. The fourth-order valence-electron chi connectivity index (χ4n) is 4.27. The minimum Gasteiger partial charge on any atom is -0.351 e. The molecule has 7 nitrogen and oxygen atoms in total. The van der Waals surface area contributed by atoms with E-state index in [0.717, 1.165) is 24.8 Å². The first-order chi connectivity index (χ1) is 16.8. The van der Waals surface area contributed by atoms with Crippen LogP contribution in [0.4, 0.5) is 5.69 Å². The highest BCUT2D eigenvalue weighted by atomic mass is 32.2. The Morgan fingerprint density at radius 1 is 0.886 bits per heavy atom. The zero-order valence-corrected chi connectivity index (χ0v) is 20.4. The topological polar surface area (TPSA) is 104 Å². The lowest BCUT2D eigenvalue weighted by molar-refractivity contribution is -0.114. The molecule has 0 aromatic heterocycles. The van der Waals surface area contributed by atoms with E-state index < -0.39 is 10.0 Å². The van der Waals surface area contributed by atoms with Crippen molar-refractivity contribution < 1.29 is 18.0 Å². The first-order valence-electron chi connectivity index (χ1n) is 11.6. The van der Waals surface area contributed by atoms with E-state index in [-0.39, 0.29) is 28.7 Å². The molecule has 8 heteroatoms. The maximum Gasteiger partial charge on any atom is 0.251 e. The highest BCUT2D eigenvalue weighted by molar-refractivity contribution is 7.89. The smallest absolute Gasteiger partial charge is 0.251 e. The minimum atomic E-state index is -3.72. The highest BCUT2D eigenvalue weighted by Gasteiger charge is 2.38. The van der Waals surface area contributed by atoms with Crippen molar-refractivity contribution in [1.29, 1.82) is 0 Å². The summed E-state index contributed by atoms with van der Waals surface area (Å²) < 4.78 is 27.7. The summed E-state index contributed by atoms with van der Waals surface area (Å²) in [5, 5.41) is 5.68. The van der Waals surface area contributed by atoms with Crippen LogP contribution in [0.2, 0.25) is 0 Å². The Morgan fingerprint density at radius 3 is 2.11 bits per heavy atom. The molecular weight excluding hydrogens is 462 g/mol. The van der Waals surface area contributed by atoms with Gasteiger partial charge < -0.3 is 10.6 Å². The summed E-state index contributed by atoms with van der Waals surface area (Å²) in [6.07, 6.45) is 3.29. The van der Waals surface area contributed by atoms with Crippen LogP contribution in [0.3, 0.4) is 0 Å². The van der Waals surface area contributed by atoms with Gasteiger partial charge in [0.25, 0.3) is 5.91 Å². The Hall–Kier alpha value is -3.49. The Labute approximate surface area is 206 Å². The van der Waals surface area contributed by atoms with Gasteiger partial charge in [-0.1, -0.05) is 48.9 Å². The standard InChI is InChI=1S/C27H29N3O4S/c1-20(31)30-24-12-14-25(15-13-24)35(33,34)29-18-21-8-10-22(11-9-21)26(32)28-19-27(16-5-17-27)23-6-3-2-4-7-23/h2-4,6-15,29H,5,16-19H2,1H3,(H,28,32)(H,30,31). The molecule has 182 valence electrons. The number of carbonyl (C=O) groups is 2. The molecule has 1 fully saturated rings. The first-order valence-corrected chi connectivity index (χ1v) is 13.1. The Morgan fingerprint density at radius 2 is 1.54 bits per heavy atom. The number of carbonyl (C=O) groups excluding carboxylic acids is 2. The van der Waals surface area contributed by atoms with E-state index in [1.807, 2.05) is 18.2 Å². The van der Waals surface area contributed by atoms with E-state index in [0.29, 0.717) is 17.8 Å². The van der Waals surface area contributed by atoms with Gasteiger partial charge in [0.2, 0.25) is 15.9 Å². The molecule has 0 saturated heterocycles. The monoisotopic (exact) mass is 491 g/mol. The van der Waals surface area contributed by atoms with Crippen LogP contribution < -0.4 is 15.4 Å². The van der Waals surface area contributed by atoms with Gasteiger partial charge in [-0.15, -0.1) is 0 Å². The van der Waals surface area contributed by atoms with E-state index in [2.05, 4.69) is 27.5 Å². The van der Waals surface area contributed by atoms with Crippen LogP contribution in [0.1, 0.15) is 47.7 Å². The summed E-state index contributed by atoms with van der Waals surface area (Å²) in [6, 6.07) is 23.2. The van der Waals surface area contributed by atoms with Gasteiger partial charge in [0, 0.05) is 36.7 Å². The van der Waals surface area contributed by atoms with Gasteiger partial charge >= 0.3 is 0 Å². The van der Waals surface area contributed by atoms with Crippen LogP contribution in [0.15, 0.2) is 83.8 Å². The number of hydrogen-bond acceptors (Lipinski definition) is 4. The van der Waals surface area contributed by atoms with Gasteiger partial charge in [0.1, 0.15) is 0 Å². The summed E-state index contributed by atoms with van der Waals surface area (Å²) in [4.78, 5) is 23.9. The number of hydrogen-bond donors (Lipinski definition) is 3. The molecule has 0 radical (unpaired) electrons. The van der Waals surface area contributed by atoms with Crippen LogP contribution in [0.5, 0.6) is 0 Å². The van der Waals surface area contributed by atoms with Crippen LogP contribution in [0, 0.1) is 0 Å². The SMILES string of the molecule is CC(=O)Nc1ccc(S(=O)(=O)NCc2ccc(C(=O)NCC3(c4ccccc4)CCC3)cc2)cc1. The molecule has 0 aliphatic heterocycles. The summed E-state index contributed by atoms with van der Waals surface area (Å²) in [7, 11) is -3.72. The zero-order valence-electron chi connectivity index (χ0n) is 19.6. The van der Waals surface area contributed by atoms with E-state index in [9.17, 15) is 18.0 Å². The average Bonchev–Trinajstić information content (AvgIpc) is 2.83. The summed E-state index contributed by atoms with van der Waals surface area (Å²) in [6.45, 7) is 2.07. The van der Waals surface area contributed by atoms with Gasteiger partial charge in [-0.2, -0.15) is 0 Å². The first kappa shape index (κ1) is 24.6. The Balaban J connectivity index is 1.32. The predicted octanol–water partition coefficient (Wildman–Crippen LogP) is 3.98. The average molecular weight is 492 g/mol. The summed E-state index contributed by atoms with van der Waals surface area (Å²) in [5.74, 6) is -0.367. The van der Waals surface area contributed by atoms with Gasteiger partial charge in [-0.25, -0.2) is 13.1 Å². The van der Waals surface area contributed by atoms with Crippen molar-refractivity contribution in [2.45, 2.75) is 43.0 Å². The number of amides is 2. The number of anilines is 1. The maximum absolute atomic E-state index is 12.7. The second kappa shape index (κ2) is 10.4. The normalized spacial score (nSPS) is 14.5. The van der Waals surface area contributed by atoms with Crippen LogP contribution in [0.25, 0.3) is 0 Å². The lowest BCUT2D eigenvalue weighted by atomic mass is 9.64. The zero-order chi connectivity index (χ0) is 24.9. The third-order valence-corrected chi connectivity index (χ3v) is 7.87. The molecule has 3 N–H and O–H groups in total. The lowest BCUT2D eigenvalue weighted by Gasteiger charge is -2.42. The predicted molar refractivity (Wildman–Crippen MR) is 136 cm³/mol. The number of sulfonamides is 1. The van der Waals surface area contributed by atoms with Crippen LogP contribution in [-0.4, -0.2) is 26.8 Å². The molecule has 0 atom stereocenters. The lowest BCUT2D eigenvalue weighted by Crippen LogP contribution is -2.45. The molecular formula is C27H29N3O4S. The Kier molecular flexibility index (Phi) is 7.33. The molecule has 0 unspecified atom stereocenters. The molecule has 0 heterocycles. The molecule has 3 aromatic carbocycles. The molecule has 4 rings (SSSR count). The highest BCUT2D eigenvalue weighted by Crippen LogP contribution is 2.43. The van der Waals surface area contributed by atoms with Crippen molar-refractivity contribution in [3.05, 3.63) is 95.6 Å². The molecule has 1 aliphatic rings. The minimum absolute atomic E-state index is 0.00940. The van der Waals surface area contributed by atoms with Crippen LogP contribution >= 0.6 is 0 Å². The van der Waals surface area contributed by atoms with E-state index in [1.54, 1.807) is 24.3 Å². The second-order valence-corrected chi connectivity index (χ2v) is 10.7. The maximum atomic E-state index is 12.7. The molecule has 1 aliphatic carbocycles. The quantitative estimate of drug-likeness (QED) is 0.421. The molecule has 0 spiro atoms. The van der Waals surface area contributed by atoms with Gasteiger partial charge in [-0.3, -0.25) is 9.59 Å². The summed E-state index contributed by atoms with van der Waals surface area (Å²) in [5.41, 5.74) is 3.07. The van der Waals surface area contributed by atoms with Crippen molar-refractivity contribution in [1.82, 2.24) is 10.0 Å². The summed E-state index contributed by atoms with van der Waals surface area (Å²) >= 11 is 0. The molecule has 3 aromatic rings. The number of benzene rings is 3. The Bertz CT molecular complexity index is 1280. The second-order valence-electron chi connectivity index (χ2n) is 8.91. The molecule has 0 bridgehead atoms. The molecule has 1 saturated carbocycles. The van der Waals surface area contributed by atoms with E-state index in [1.165, 1.54) is 36.8 Å². The van der Waals surface area contributed by atoms with Crippen molar-refractivity contribution in [3.8, 4) is 0 Å². The fourth-order valence-corrected chi connectivity index (χ4v) is 5.29.